The van der Waals surface area contributed by atoms with Gasteiger partial charge in [0.15, 0.2) is 0 Å². The molecule has 1 aromatic carbocycles. The van der Waals surface area contributed by atoms with Gasteiger partial charge in [-0.3, -0.25) is 8.42 Å². The Morgan fingerprint density at radius 3 is 2.63 bits per heavy atom. The molecule has 1 atom stereocenters. The van der Waals surface area contributed by atoms with Gasteiger partial charge in [0, 0.05) is 52.7 Å². The Kier molecular flexibility index (Phi) is 5.84. The minimum Gasteiger partial charge on any atom is -0.301 e. The molecule has 2 rings (SSSR count). The molecule has 0 aromatic heterocycles. The summed E-state index contributed by atoms with van der Waals surface area (Å²) in [5, 5.41) is 1.03. The Labute approximate surface area is 128 Å². The van der Waals surface area contributed by atoms with Crippen molar-refractivity contribution in [3.8, 4) is 0 Å². The van der Waals surface area contributed by atoms with Crippen LogP contribution in [0.1, 0.15) is 0 Å². The van der Waals surface area contributed by atoms with Gasteiger partial charge in [0.05, 0.1) is 20.7 Å². The second-order valence-electron chi connectivity index (χ2n) is 4.31. The summed E-state index contributed by atoms with van der Waals surface area (Å²) >= 11 is 11.9. The van der Waals surface area contributed by atoms with Gasteiger partial charge >= 0.3 is 0 Å². The van der Waals surface area contributed by atoms with Crippen LogP contribution >= 0.6 is 23.2 Å². The van der Waals surface area contributed by atoms with Crippen molar-refractivity contribution in [2.75, 3.05) is 36.9 Å². The fourth-order valence-corrected chi connectivity index (χ4v) is 4.80. The van der Waals surface area contributed by atoms with Gasteiger partial charge in [-0.15, -0.1) is 0 Å². The van der Waals surface area contributed by atoms with Crippen molar-refractivity contribution in [3.63, 3.8) is 0 Å². The SMILES string of the molecule is O=S1CCN(CCS(=O)c2cc(Cl)ccc2Cl)CC1. The molecule has 1 aliphatic rings. The van der Waals surface area contributed by atoms with Crippen molar-refractivity contribution >= 4 is 44.8 Å². The zero-order chi connectivity index (χ0) is 13.8. The molecule has 7 heteroatoms. The van der Waals surface area contributed by atoms with Crippen LogP contribution in [-0.4, -0.2) is 50.2 Å². The molecule has 1 aromatic rings. The van der Waals surface area contributed by atoms with Gasteiger partial charge in [0.1, 0.15) is 0 Å². The number of hydrogen-bond donors (Lipinski definition) is 0. The van der Waals surface area contributed by atoms with E-state index in [1.165, 1.54) is 0 Å². The van der Waals surface area contributed by atoms with E-state index >= 15 is 0 Å². The molecule has 19 heavy (non-hydrogen) atoms. The van der Waals surface area contributed by atoms with Gasteiger partial charge in [-0.05, 0) is 18.2 Å². The van der Waals surface area contributed by atoms with Crippen LogP contribution < -0.4 is 0 Å². The highest BCUT2D eigenvalue weighted by Crippen LogP contribution is 2.23. The molecule has 0 aliphatic carbocycles. The van der Waals surface area contributed by atoms with Crippen molar-refractivity contribution in [1.82, 2.24) is 4.90 Å². The molecule has 0 bridgehead atoms. The lowest BCUT2D eigenvalue weighted by molar-refractivity contribution is 0.318. The molecule has 1 fully saturated rings. The fraction of sp³-hybridized carbons (Fsp3) is 0.500. The third-order valence-electron chi connectivity index (χ3n) is 3.00. The molecular weight excluding hydrogens is 325 g/mol. The molecule has 0 spiro atoms. The van der Waals surface area contributed by atoms with E-state index in [4.69, 9.17) is 23.2 Å². The van der Waals surface area contributed by atoms with Crippen molar-refractivity contribution in [2.24, 2.45) is 0 Å². The lowest BCUT2D eigenvalue weighted by Gasteiger charge is -2.25. The van der Waals surface area contributed by atoms with Crippen molar-refractivity contribution in [3.05, 3.63) is 28.2 Å². The van der Waals surface area contributed by atoms with Gasteiger partial charge in [0.2, 0.25) is 0 Å². The van der Waals surface area contributed by atoms with Crippen molar-refractivity contribution < 1.29 is 8.42 Å². The summed E-state index contributed by atoms with van der Waals surface area (Å²) < 4.78 is 23.4. The van der Waals surface area contributed by atoms with E-state index in [2.05, 4.69) is 4.90 Å². The molecule has 0 N–H and O–H groups in total. The van der Waals surface area contributed by atoms with Crippen LogP contribution in [0.3, 0.4) is 0 Å². The summed E-state index contributed by atoms with van der Waals surface area (Å²) in [5.41, 5.74) is 0. The maximum absolute atomic E-state index is 12.2. The van der Waals surface area contributed by atoms with E-state index in [-0.39, 0.29) is 0 Å². The standard InChI is InChI=1S/C12H15Cl2NO2S2/c13-10-1-2-11(14)12(9-10)19(17)8-5-15-3-6-18(16)7-4-15/h1-2,9H,3-8H2. The van der Waals surface area contributed by atoms with E-state index in [1.807, 2.05) is 0 Å². The van der Waals surface area contributed by atoms with Gasteiger partial charge in [-0.2, -0.15) is 0 Å². The minimum atomic E-state index is -1.15. The highest BCUT2D eigenvalue weighted by Gasteiger charge is 2.16. The monoisotopic (exact) mass is 339 g/mol. The number of benzene rings is 1. The Bertz CT molecular complexity index is 501. The largest absolute Gasteiger partial charge is 0.301 e. The summed E-state index contributed by atoms with van der Waals surface area (Å²) in [5.74, 6) is 1.95. The average molecular weight is 340 g/mol. The van der Waals surface area contributed by atoms with Crippen LogP contribution in [0, 0.1) is 0 Å². The maximum atomic E-state index is 12.2. The maximum Gasteiger partial charge on any atom is 0.0589 e. The summed E-state index contributed by atoms with van der Waals surface area (Å²) in [6.45, 7) is 2.35. The normalized spacial score (nSPS) is 19.5. The van der Waals surface area contributed by atoms with E-state index in [9.17, 15) is 8.42 Å². The van der Waals surface area contributed by atoms with E-state index in [0.29, 0.717) is 32.2 Å². The van der Waals surface area contributed by atoms with E-state index < -0.39 is 21.6 Å². The lowest BCUT2D eigenvalue weighted by atomic mass is 10.4. The lowest BCUT2D eigenvalue weighted by Crippen LogP contribution is -2.39. The van der Waals surface area contributed by atoms with Crippen LogP contribution in [0.25, 0.3) is 0 Å². The van der Waals surface area contributed by atoms with Crippen LogP contribution in [0.4, 0.5) is 0 Å². The Morgan fingerprint density at radius 1 is 1.26 bits per heavy atom. The van der Waals surface area contributed by atoms with E-state index in [0.717, 1.165) is 19.6 Å². The van der Waals surface area contributed by atoms with Crippen molar-refractivity contribution in [2.45, 2.75) is 4.90 Å². The first kappa shape index (κ1) is 15.4. The highest BCUT2D eigenvalue weighted by molar-refractivity contribution is 7.85. The summed E-state index contributed by atoms with van der Waals surface area (Å²) in [6, 6.07) is 5.01. The summed E-state index contributed by atoms with van der Waals surface area (Å²) in [4.78, 5) is 2.78. The highest BCUT2D eigenvalue weighted by atomic mass is 35.5. The third kappa shape index (κ3) is 4.53. The molecule has 1 unspecified atom stereocenters. The van der Waals surface area contributed by atoms with Crippen LogP contribution in [0.15, 0.2) is 23.1 Å². The van der Waals surface area contributed by atoms with Crippen LogP contribution in [0.2, 0.25) is 10.0 Å². The number of hydrogen-bond acceptors (Lipinski definition) is 3. The Hall–Kier alpha value is 0.0600. The molecule has 1 aliphatic heterocycles. The van der Waals surface area contributed by atoms with Gasteiger partial charge in [-0.1, -0.05) is 23.2 Å². The molecule has 1 saturated heterocycles. The van der Waals surface area contributed by atoms with Crippen LogP contribution in [-0.2, 0) is 21.6 Å². The predicted molar refractivity (Wildman–Crippen MR) is 82.1 cm³/mol. The molecule has 106 valence electrons. The molecule has 1 heterocycles. The second kappa shape index (κ2) is 7.18. The van der Waals surface area contributed by atoms with Gasteiger partial charge in [-0.25, -0.2) is 0 Å². The summed E-state index contributed by atoms with van der Waals surface area (Å²) in [6.07, 6.45) is 0. The second-order valence-corrected chi connectivity index (χ2v) is 8.39. The van der Waals surface area contributed by atoms with E-state index in [1.54, 1.807) is 18.2 Å². The summed E-state index contributed by atoms with van der Waals surface area (Å²) in [7, 11) is -1.82. The zero-order valence-electron chi connectivity index (χ0n) is 10.3. The Morgan fingerprint density at radius 2 is 1.95 bits per heavy atom. The van der Waals surface area contributed by atoms with Gasteiger partial charge in [0.25, 0.3) is 0 Å². The number of halogens is 2. The quantitative estimate of drug-likeness (QED) is 0.843. The molecule has 0 amide bonds. The van der Waals surface area contributed by atoms with Gasteiger partial charge < -0.3 is 4.90 Å². The smallest absolute Gasteiger partial charge is 0.0589 e. The molecular formula is C12H15Cl2NO2S2. The molecule has 0 saturated carbocycles. The molecule has 0 radical (unpaired) electrons. The number of rotatable bonds is 4. The van der Waals surface area contributed by atoms with Crippen LogP contribution in [0.5, 0.6) is 0 Å². The minimum absolute atomic E-state index is 0.488. The Balaban J connectivity index is 1.90. The van der Waals surface area contributed by atoms with Crippen molar-refractivity contribution in [1.29, 1.82) is 0 Å². The third-order valence-corrected chi connectivity index (χ3v) is 6.34. The predicted octanol–water partition coefficient (Wildman–Crippen LogP) is 2.17. The first-order valence-electron chi connectivity index (χ1n) is 5.97. The molecule has 3 nitrogen and oxygen atoms in total. The zero-order valence-corrected chi connectivity index (χ0v) is 13.5. The number of nitrogens with zero attached hydrogens (tertiary/aromatic N) is 1. The topological polar surface area (TPSA) is 37.4 Å². The first-order valence-corrected chi connectivity index (χ1v) is 9.53. The average Bonchev–Trinajstić information content (AvgIpc) is 2.40. The fourth-order valence-electron chi connectivity index (χ4n) is 1.87. The first-order chi connectivity index (χ1) is 9.06.